The van der Waals surface area contributed by atoms with Gasteiger partial charge < -0.3 is 10.0 Å². The van der Waals surface area contributed by atoms with Crippen molar-refractivity contribution in [2.45, 2.75) is 31.2 Å². The quantitative estimate of drug-likeness (QED) is 0.109. The summed E-state index contributed by atoms with van der Waals surface area (Å²) in [5, 5.41) is 11.5. The standard InChI is InChI=1S/C46H33NO4/c48-44-37-23-20-31(46(50)51)25-40(37)45(49)41(44)27-32-26-39-35-16-9-17-42(35)47(43(39)36-15-8-7-14-34(32)36)33-21-18-28(19-22-33)24-38(29-10-3-1-4-11-29)30-12-5-2-6-13-30/h1-8,10-15,18-27,35,42H,9,16-17H2,(H,50,51)/b41-27+. The van der Waals surface area contributed by atoms with Crippen LogP contribution in [0.25, 0.3) is 28.5 Å². The molecular weight excluding hydrogens is 631 g/mol. The Morgan fingerprint density at radius 1 is 0.667 bits per heavy atom. The van der Waals surface area contributed by atoms with Gasteiger partial charge >= 0.3 is 5.97 Å². The Morgan fingerprint density at radius 3 is 2.00 bits per heavy atom. The van der Waals surface area contributed by atoms with E-state index in [1.54, 1.807) is 6.08 Å². The number of hydrogen-bond acceptors (Lipinski definition) is 4. The first kappa shape index (κ1) is 30.7. The number of carbonyl (C=O) groups excluding carboxylic acids is 2. The lowest BCUT2D eigenvalue weighted by molar-refractivity contribution is 0.0696. The van der Waals surface area contributed by atoms with E-state index < -0.39 is 11.8 Å². The van der Waals surface area contributed by atoms with Crippen molar-refractivity contribution in [1.29, 1.82) is 0 Å². The highest BCUT2D eigenvalue weighted by Crippen LogP contribution is 2.55. The summed E-state index contributed by atoms with van der Waals surface area (Å²) in [6.07, 6.45) is 7.26. The minimum Gasteiger partial charge on any atom is -0.478 e. The van der Waals surface area contributed by atoms with E-state index in [0.29, 0.717) is 12.0 Å². The Balaban J connectivity index is 1.13. The first-order chi connectivity index (χ1) is 25.0. The number of rotatable bonds is 6. The highest BCUT2D eigenvalue weighted by atomic mass is 16.4. The Kier molecular flexibility index (Phi) is 7.36. The van der Waals surface area contributed by atoms with Gasteiger partial charge in [-0.1, -0.05) is 103 Å². The fourth-order valence-corrected chi connectivity index (χ4v) is 8.39. The van der Waals surface area contributed by atoms with E-state index >= 15 is 0 Å². The van der Waals surface area contributed by atoms with Crippen LogP contribution in [-0.4, -0.2) is 28.7 Å². The van der Waals surface area contributed by atoms with Crippen molar-refractivity contribution in [2.24, 2.45) is 0 Å². The van der Waals surface area contributed by atoms with Crippen LogP contribution in [0.1, 0.15) is 84.1 Å². The van der Waals surface area contributed by atoms with Crippen molar-refractivity contribution in [1.82, 2.24) is 0 Å². The van der Waals surface area contributed by atoms with E-state index in [9.17, 15) is 19.5 Å². The summed E-state index contributed by atoms with van der Waals surface area (Å²) in [5.74, 6) is -1.60. The molecule has 9 rings (SSSR count). The van der Waals surface area contributed by atoms with Gasteiger partial charge in [0, 0.05) is 34.2 Å². The zero-order valence-corrected chi connectivity index (χ0v) is 27.8. The topological polar surface area (TPSA) is 74.7 Å². The summed E-state index contributed by atoms with van der Waals surface area (Å²) < 4.78 is 0. The molecule has 246 valence electrons. The highest BCUT2D eigenvalue weighted by molar-refractivity contribution is 6.41. The number of hydrogen-bond donors (Lipinski definition) is 1. The number of carboxylic acid groups (broad SMARTS) is 1. The summed E-state index contributed by atoms with van der Waals surface area (Å²) in [4.78, 5) is 41.1. The number of carbonyl (C=O) groups is 3. The SMILES string of the molecule is O=C(O)c1ccc2c(c1)C(=O)/C(=C/c1cc3c(c4ccccc14)N(c1ccc(C=C(c4ccccc4)c4ccccc4)cc1)C1CCCC31)C2=O. The molecule has 2 unspecified atom stereocenters. The third kappa shape index (κ3) is 5.12. The lowest BCUT2D eigenvalue weighted by atomic mass is 9.91. The summed E-state index contributed by atoms with van der Waals surface area (Å²) in [5.41, 5.74) is 9.50. The van der Waals surface area contributed by atoms with Gasteiger partial charge in [0.25, 0.3) is 0 Å². The van der Waals surface area contributed by atoms with Crippen molar-refractivity contribution < 1.29 is 19.5 Å². The maximum atomic E-state index is 13.5. The van der Waals surface area contributed by atoms with E-state index in [4.69, 9.17) is 0 Å². The van der Waals surface area contributed by atoms with Gasteiger partial charge in [-0.3, -0.25) is 9.59 Å². The fraction of sp³-hybridized carbons (Fsp3) is 0.109. The van der Waals surface area contributed by atoms with E-state index in [-0.39, 0.29) is 28.0 Å². The van der Waals surface area contributed by atoms with Crippen LogP contribution < -0.4 is 4.90 Å². The maximum absolute atomic E-state index is 13.5. The number of aromatic carboxylic acids is 1. The molecule has 0 saturated heterocycles. The molecule has 0 aromatic heterocycles. The molecule has 0 bridgehead atoms. The van der Waals surface area contributed by atoms with E-state index in [1.165, 1.54) is 46.1 Å². The molecule has 1 N–H and O–H groups in total. The summed E-state index contributed by atoms with van der Waals surface area (Å²) in [6.45, 7) is 0. The number of Topliss-reactive ketones (excluding diaryl/α,β-unsaturated/α-hetero) is 2. The summed E-state index contributed by atoms with van der Waals surface area (Å²) >= 11 is 0. The average Bonchev–Trinajstić information content (AvgIpc) is 3.84. The van der Waals surface area contributed by atoms with Crippen LogP contribution in [0.2, 0.25) is 0 Å². The van der Waals surface area contributed by atoms with Crippen LogP contribution in [0.4, 0.5) is 11.4 Å². The smallest absolute Gasteiger partial charge is 0.335 e. The summed E-state index contributed by atoms with van der Waals surface area (Å²) in [7, 11) is 0. The van der Waals surface area contributed by atoms with Crippen LogP contribution in [0.3, 0.4) is 0 Å². The van der Waals surface area contributed by atoms with Gasteiger partial charge in [-0.05, 0) is 100 Å². The Labute approximate surface area is 295 Å². The summed E-state index contributed by atoms with van der Waals surface area (Å²) in [6, 6.07) is 44.7. The second-order valence-electron chi connectivity index (χ2n) is 13.6. The molecule has 2 aliphatic carbocycles. The lowest BCUT2D eigenvalue weighted by Crippen LogP contribution is -2.26. The predicted molar refractivity (Wildman–Crippen MR) is 203 cm³/mol. The van der Waals surface area contributed by atoms with Crippen molar-refractivity contribution in [3.8, 4) is 0 Å². The third-order valence-electron chi connectivity index (χ3n) is 10.7. The van der Waals surface area contributed by atoms with Gasteiger partial charge in [0.1, 0.15) is 0 Å². The zero-order chi connectivity index (χ0) is 34.6. The van der Waals surface area contributed by atoms with E-state index in [0.717, 1.165) is 46.8 Å². The van der Waals surface area contributed by atoms with E-state index in [1.807, 2.05) is 24.3 Å². The van der Waals surface area contributed by atoms with Crippen LogP contribution in [-0.2, 0) is 0 Å². The minimum absolute atomic E-state index is 0.0108. The zero-order valence-electron chi connectivity index (χ0n) is 27.8. The molecule has 6 aromatic rings. The molecule has 0 spiro atoms. The van der Waals surface area contributed by atoms with Crippen LogP contribution >= 0.6 is 0 Å². The lowest BCUT2D eigenvalue weighted by Gasteiger charge is -2.28. The van der Waals surface area contributed by atoms with Gasteiger partial charge in [0.15, 0.2) is 11.6 Å². The van der Waals surface area contributed by atoms with Crippen LogP contribution in [0, 0.1) is 0 Å². The monoisotopic (exact) mass is 663 g/mol. The number of fused-ring (bicyclic) bond motifs is 6. The number of nitrogens with zero attached hydrogens (tertiary/aromatic N) is 1. The molecule has 5 nitrogen and oxygen atoms in total. The normalized spacial score (nSPS) is 18.2. The second-order valence-corrected chi connectivity index (χ2v) is 13.6. The maximum Gasteiger partial charge on any atom is 0.335 e. The van der Waals surface area contributed by atoms with Gasteiger partial charge in [0.05, 0.1) is 16.8 Å². The number of ketones is 2. The first-order valence-electron chi connectivity index (χ1n) is 17.4. The first-order valence-corrected chi connectivity index (χ1v) is 17.4. The number of carboxylic acids is 1. The van der Waals surface area contributed by atoms with Gasteiger partial charge in [-0.15, -0.1) is 0 Å². The largest absolute Gasteiger partial charge is 0.478 e. The molecule has 51 heavy (non-hydrogen) atoms. The Morgan fingerprint density at radius 2 is 1.31 bits per heavy atom. The molecule has 1 heterocycles. The average molecular weight is 664 g/mol. The highest BCUT2D eigenvalue weighted by Gasteiger charge is 2.43. The molecule has 3 aliphatic rings. The third-order valence-corrected chi connectivity index (χ3v) is 10.7. The number of allylic oxidation sites excluding steroid dienone is 1. The van der Waals surface area contributed by atoms with Crippen molar-refractivity contribution in [3.63, 3.8) is 0 Å². The van der Waals surface area contributed by atoms with Gasteiger partial charge in [0.2, 0.25) is 0 Å². The number of benzene rings is 6. The van der Waals surface area contributed by atoms with E-state index in [2.05, 4.69) is 102 Å². The predicted octanol–water partition coefficient (Wildman–Crippen LogP) is 10.4. The molecule has 1 aliphatic heterocycles. The van der Waals surface area contributed by atoms with Crippen molar-refractivity contribution in [3.05, 3.63) is 184 Å². The fourth-order valence-electron chi connectivity index (χ4n) is 8.39. The van der Waals surface area contributed by atoms with Gasteiger partial charge in [-0.2, -0.15) is 0 Å². The molecule has 6 aromatic carbocycles. The van der Waals surface area contributed by atoms with Gasteiger partial charge in [-0.25, -0.2) is 4.79 Å². The molecular formula is C46H33NO4. The molecule has 0 amide bonds. The Bertz CT molecular complexity index is 2420. The molecule has 0 radical (unpaired) electrons. The van der Waals surface area contributed by atoms with Crippen LogP contribution in [0.5, 0.6) is 0 Å². The molecule has 1 fully saturated rings. The molecule has 2 atom stereocenters. The Hall–Kier alpha value is -6.33. The second kappa shape index (κ2) is 12.2. The van der Waals surface area contributed by atoms with Crippen molar-refractivity contribution >= 4 is 57.4 Å². The minimum atomic E-state index is -1.13. The number of anilines is 2. The molecule has 5 heteroatoms. The van der Waals surface area contributed by atoms with Crippen LogP contribution in [0.15, 0.2) is 139 Å². The van der Waals surface area contributed by atoms with Crippen molar-refractivity contribution in [2.75, 3.05) is 4.90 Å². The molecule has 1 saturated carbocycles.